The largest absolute Gasteiger partial charge is 0.377 e. The van der Waals surface area contributed by atoms with E-state index in [2.05, 4.69) is 24.4 Å². The number of carbonyl (C=O) groups excluding carboxylic acids is 1. The Labute approximate surface area is 90.4 Å². The molecular weight excluding hydrogens is 190 g/mol. The number of hydrogen-bond acceptors (Lipinski definition) is 2. The molecule has 0 aliphatic heterocycles. The lowest BCUT2D eigenvalue weighted by Gasteiger charge is -2.06. The van der Waals surface area contributed by atoms with E-state index in [1.807, 2.05) is 12.1 Å². The summed E-state index contributed by atoms with van der Waals surface area (Å²) < 4.78 is 5.49. The van der Waals surface area contributed by atoms with Crippen LogP contribution in [0, 0.1) is 6.92 Å². The van der Waals surface area contributed by atoms with Crippen molar-refractivity contribution in [2.75, 3.05) is 13.2 Å². The second-order valence-electron chi connectivity index (χ2n) is 3.40. The van der Waals surface area contributed by atoms with E-state index in [9.17, 15) is 4.79 Å². The Balaban J connectivity index is 2.15. The van der Waals surface area contributed by atoms with Crippen LogP contribution >= 0.6 is 0 Å². The highest BCUT2D eigenvalue weighted by Crippen LogP contribution is 2.07. The van der Waals surface area contributed by atoms with Crippen molar-refractivity contribution in [2.45, 2.75) is 20.0 Å². The smallest absolute Gasteiger partial charge is 0.207 e. The highest BCUT2D eigenvalue weighted by Gasteiger charge is 1.96. The molecule has 1 N–H and O–H groups in total. The number of aryl methyl sites for hydroxylation is 1. The van der Waals surface area contributed by atoms with E-state index >= 15 is 0 Å². The van der Waals surface area contributed by atoms with Crippen LogP contribution in [0.5, 0.6) is 0 Å². The Kier molecular flexibility index (Phi) is 5.48. The third kappa shape index (κ3) is 4.61. The Bertz CT molecular complexity index is 299. The molecule has 0 bridgehead atoms. The first-order chi connectivity index (χ1) is 7.34. The highest BCUT2D eigenvalue weighted by atomic mass is 16.5. The van der Waals surface area contributed by atoms with E-state index in [0.717, 1.165) is 6.42 Å². The monoisotopic (exact) mass is 207 g/mol. The van der Waals surface area contributed by atoms with Gasteiger partial charge in [-0.15, -0.1) is 0 Å². The Morgan fingerprint density at radius 3 is 2.93 bits per heavy atom. The van der Waals surface area contributed by atoms with Gasteiger partial charge in [0.25, 0.3) is 0 Å². The van der Waals surface area contributed by atoms with Gasteiger partial charge in [-0.3, -0.25) is 4.79 Å². The third-order valence-electron chi connectivity index (χ3n) is 2.21. The fourth-order valence-electron chi connectivity index (χ4n) is 1.29. The summed E-state index contributed by atoms with van der Waals surface area (Å²) in [5.74, 6) is 0. The molecule has 1 amide bonds. The number of nitrogens with one attached hydrogen (secondary N) is 1. The van der Waals surface area contributed by atoms with E-state index in [1.165, 1.54) is 11.1 Å². The van der Waals surface area contributed by atoms with Crippen LogP contribution in [0.2, 0.25) is 0 Å². The number of carbonyl (C=O) groups is 1. The summed E-state index contributed by atoms with van der Waals surface area (Å²) in [6, 6.07) is 8.18. The van der Waals surface area contributed by atoms with Crippen molar-refractivity contribution in [3.05, 3.63) is 35.4 Å². The van der Waals surface area contributed by atoms with E-state index in [1.54, 1.807) is 0 Å². The standard InChI is InChI=1S/C12H17NO2/c1-11-5-2-3-6-12(11)9-15-8-4-7-13-10-14/h2-3,5-6,10H,4,7-9H2,1H3,(H,13,14). The first kappa shape index (κ1) is 11.7. The second-order valence-corrected chi connectivity index (χ2v) is 3.40. The van der Waals surface area contributed by atoms with Crippen LogP contribution < -0.4 is 5.32 Å². The summed E-state index contributed by atoms with van der Waals surface area (Å²) in [6.07, 6.45) is 1.56. The van der Waals surface area contributed by atoms with Crippen molar-refractivity contribution < 1.29 is 9.53 Å². The van der Waals surface area contributed by atoms with Gasteiger partial charge in [0.15, 0.2) is 0 Å². The summed E-state index contributed by atoms with van der Waals surface area (Å²) >= 11 is 0. The zero-order valence-electron chi connectivity index (χ0n) is 9.03. The molecule has 0 radical (unpaired) electrons. The summed E-state index contributed by atoms with van der Waals surface area (Å²) in [7, 11) is 0. The van der Waals surface area contributed by atoms with Gasteiger partial charge in [0.05, 0.1) is 6.61 Å². The number of hydrogen-bond donors (Lipinski definition) is 1. The minimum Gasteiger partial charge on any atom is -0.377 e. The van der Waals surface area contributed by atoms with E-state index in [4.69, 9.17) is 4.74 Å². The molecule has 0 atom stereocenters. The maximum atomic E-state index is 9.95. The Morgan fingerprint density at radius 1 is 1.40 bits per heavy atom. The number of benzene rings is 1. The molecule has 82 valence electrons. The minimum absolute atomic E-state index is 0.647. The maximum absolute atomic E-state index is 9.95. The topological polar surface area (TPSA) is 38.3 Å². The van der Waals surface area contributed by atoms with Gasteiger partial charge in [0.2, 0.25) is 6.41 Å². The van der Waals surface area contributed by atoms with Crippen molar-refractivity contribution in [1.29, 1.82) is 0 Å². The number of amides is 1. The second kappa shape index (κ2) is 7.01. The summed E-state index contributed by atoms with van der Waals surface area (Å²) in [5.41, 5.74) is 2.48. The van der Waals surface area contributed by atoms with Crippen LogP contribution in [0.4, 0.5) is 0 Å². The predicted octanol–water partition coefficient (Wildman–Crippen LogP) is 1.65. The highest BCUT2D eigenvalue weighted by molar-refractivity contribution is 5.45. The quantitative estimate of drug-likeness (QED) is 0.545. The van der Waals surface area contributed by atoms with Crippen molar-refractivity contribution in [3.8, 4) is 0 Å². The van der Waals surface area contributed by atoms with Crippen LogP contribution in [-0.4, -0.2) is 19.6 Å². The molecule has 1 rings (SSSR count). The summed E-state index contributed by atoms with van der Waals surface area (Å²) in [6.45, 7) is 4.08. The molecule has 1 aromatic carbocycles. The number of rotatable bonds is 7. The number of ether oxygens (including phenoxy) is 1. The molecule has 0 aliphatic rings. The normalized spacial score (nSPS) is 9.93. The fraction of sp³-hybridized carbons (Fsp3) is 0.417. The molecule has 0 unspecified atom stereocenters. The summed E-state index contributed by atoms with van der Waals surface area (Å²) in [4.78, 5) is 9.95. The van der Waals surface area contributed by atoms with Crippen LogP contribution in [-0.2, 0) is 16.1 Å². The lowest BCUT2D eigenvalue weighted by molar-refractivity contribution is -0.109. The zero-order valence-corrected chi connectivity index (χ0v) is 9.03. The molecule has 1 aromatic rings. The molecule has 15 heavy (non-hydrogen) atoms. The molecule has 0 spiro atoms. The lowest BCUT2D eigenvalue weighted by atomic mass is 10.1. The van der Waals surface area contributed by atoms with Gasteiger partial charge < -0.3 is 10.1 Å². The average molecular weight is 207 g/mol. The van der Waals surface area contributed by atoms with Crippen molar-refractivity contribution in [1.82, 2.24) is 5.32 Å². The van der Waals surface area contributed by atoms with Crippen LogP contribution in [0.1, 0.15) is 17.5 Å². The predicted molar refractivity (Wildman–Crippen MR) is 59.5 cm³/mol. The molecule has 0 aliphatic carbocycles. The summed E-state index contributed by atoms with van der Waals surface area (Å²) in [5, 5.41) is 2.60. The molecule has 0 heterocycles. The Hall–Kier alpha value is -1.35. The minimum atomic E-state index is 0.647. The molecule has 0 fully saturated rings. The molecule has 0 aromatic heterocycles. The van der Waals surface area contributed by atoms with Gasteiger partial charge in [-0.2, -0.15) is 0 Å². The van der Waals surface area contributed by atoms with Gasteiger partial charge in [0.1, 0.15) is 0 Å². The molecule has 0 saturated carbocycles. The third-order valence-corrected chi connectivity index (χ3v) is 2.21. The van der Waals surface area contributed by atoms with E-state index in [0.29, 0.717) is 26.2 Å². The van der Waals surface area contributed by atoms with Gasteiger partial charge in [-0.25, -0.2) is 0 Å². The fourth-order valence-corrected chi connectivity index (χ4v) is 1.29. The molecule has 3 nitrogen and oxygen atoms in total. The zero-order chi connectivity index (χ0) is 10.9. The van der Waals surface area contributed by atoms with Gasteiger partial charge >= 0.3 is 0 Å². The Morgan fingerprint density at radius 2 is 2.20 bits per heavy atom. The lowest BCUT2D eigenvalue weighted by Crippen LogP contribution is -2.14. The maximum Gasteiger partial charge on any atom is 0.207 e. The first-order valence-electron chi connectivity index (χ1n) is 5.14. The molecule has 0 saturated heterocycles. The van der Waals surface area contributed by atoms with Crippen LogP contribution in [0.25, 0.3) is 0 Å². The van der Waals surface area contributed by atoms with Crippen LogP contribution in [0.3, 0.4) is 0 Å². The van der Waals surface area contributed by atoms with Gasteiger partial charge in [0, 0.05) is 13.2 Å². The first-order valence-corrected chi connectivity index (χ1v) is 5.14. The van der Waals surface area contributed by atoms with Gasteiger partial charge in [-0.05, 0) is 24.5 Å². The SMILES string of the molecule is Cc1ccccc1COCCCNC=O. The van der Waals surface area contributed by atoms with Crippen molar-refractivity contribution in [3.63, 3.8) is 0 Å². The van der Waals surface area contributed by atoms with Crippen molar-refractivity contribution in [2.24, 2.45) is 0 Å². The molecule has 3 heteroatoms. The van der Waals surface area contributed by atoms with E-state index < -0.39 is 0 Å². The molecular formula is C12H17NO2. The van der Waals surface area contributed by atoms with Crippen LogP contribution in [0.15, 0.2) is 24.3 Å². The van der Waals surface area contributed by atoms with E-state index in [-0.39, 0.29) is 0 Å². The van der Waals surface area contributed by atoms with Crippen molar-refractivity contribution >= 4 is 6.41 Å². The average Bonchev–Trinajstić information content (AvgIpc) is 2.25. The van der Waals surface area contributed by atoms with Gasteiger partial charge in [-0.1, -0.05) is 24.3 Å².